The molecule has 0 aliphatic heterocycles. The highest BCUT2D eigenvalue weighted by molar-refractivity contribution is 7.17. The standard InChI is InChI=1S/C22H18N2O3S/c1-2-14-6-8-16(9-7-14)18-12-28-20-19(18)21(25)24(13-23-20)11-15-4-3-5-17(10-15)22(26)27/h3-10,12-13H,2,11H2,1H3,(H,26,27). The van der Waals surface area contributed by atoms with Gasteiger partial charge in [0.05, 0.1) is 23.8 Å². The van der Waals surface area contributed by atoms with E-state index in [9.17, 15) is 9.59 Å². The summed E-state index contributed by atoms with van der Waals surface area (Å²) in [6, 6.07) is 14.8. The molecule has 2 aromatic carbocycles. The highest BCUT2D eigenvalue weighted by Crippen LogP contribution is 2.30. The van der Waals surface area contributed by atoms with E-state index in [-0.39, 0.29) is 17.7 Å². The van der Waals surface area contributed by atoms with Crippen LogP contribution in [0.25, 0.3) is 21.3 Å². The van der Waals surface area contributed by atoms with Crippen molar-refractivity contribution in [2.24, 2.45) is 0 Å². The number of rotatable bonds is 5. The second kappa shape index (κ2) is 7.40. The molecule has 1 N–H and O–H groups in total. The lowest BCUT2D eigenvalue weighted by Gasteiger charge is -2.07. The minimum atomic E-state index is -0.988. The zero-order chi connectivity index (χ0) is 19.7. The largest absolute Gasteiger partial charge is 0.478 e. The van der Waals surface area contributed by atoms with Crippen molar-refractivity contribution in [3.63, 3.8) is 0 Å². The zero-order valence-electron chi connectivity index (χ0n) is 15.3. The lowest BCUT2D eigenvalue weighted by molar-refractivity contribution is 0.0696. The van der Waals surface area contributed by atoms with Crippen molar-refractivity contribution in [3.8, 4) is 11.1 Å². The van der Waals surface area contributed by atoms with Crippen LogP contribution >= 0.6 is 11.3 Å². The molecule has 0 fully saturated rings. The molecule has 0 spiro atoms. The van der Waals surface area contributed by atoms with Gasteiger partial charge >= 0.3 is 5.97 Å². The predicted octanol–water partition coefficient (Wildman–Crippen LogP) is 4.43. The summed E-state index contributed by atoms with van der Waals surface area (Å²) < 4.78 is 1.53. The fraction of sp³-hybridized carbons (Fsp3) is 0.136. The third kappa shape index (κ3) is 3.34. The van der Waals surface area contributed by atoms with Crippen molar-refractivity contribution in [3.05, 3.63) is 87.3 Å². The summed E-state index contributed by atoms with van der Waals surface area (Å²) in [5, 5.41) is 11.7. The Morgan fingerprint density at radius 1 is 1.14 bits per heavy atom. The fourth-order valence-electron chi connectivity index (χ4n) is 3.21. The lowest BCUT2D eigenvalue weighted by Crippen LogP contribution is -2.21. The smallest absolute Gasteiger partial charge is 0.335 e. The molecule has 28 heavy (non-hydrogen) atoms. The van der Waals surface area contributed by atoms with Crippen LogP contribution < -0.4 is 5.56 Å². The van der Waals surface area contributed by atoms with E-state index in [4.69, 9.17) is 5.11 Å². The van der Waals surface area contributed by atoms with Crippen molar-refractivity contribution in [2.45, 2.75) is 19.9 Å². The van der Waals surface area contributed by atoms with Crippen LogP contribution in [-0.2, 0) is 13.0 Å². The molecule has 4 aromatic rings. The number of fused-ring (bicyclic) bond motifs is 1. The van der Waals surface area contributed by atoms with Crippen LogP contribution in [-0.4, -0.2) is 20.6 Å². The topological polar surface area (TPSA) is 72.2 Å². The number of carboxylic acids is 1. The van der Waals surface area contributed by atoms with E-state index in [0.29, 0.717) is 10.2 Å². The second-order valence-corrected chi connectivity index (χ2v) is 7.42. The van der Waals surface area contributed by atoms with Gasteiger partial charge in [0.1, 0.15) is 4.83 Å². The van der Waals surface area contributed by atoms with Crippen LogP contribution in [0.5, 0.6) is 0 Å². The van der Waals surface area contributed by atoms with Crippen LogP contribution in [0, 0.1) is 0 Å². The molecule has 4 rings (SSSR count). The van der Waals surface area contributed by atoms with Crippen LogP contribution in [0.3, 0.4) is 0 Å². The molecule has 2 aromatic heterocycles. The number of carboxylic acid groups (broad SMARTS) is 1. The number of aromatic carboxylic acids is 1. The highest BCUT2D eigenvalue weighted by atomic mass is 32.1. The van der Waals surface area contributed by atoms with Gasteiger partial charge in [0, 0.05) is 10.9 Å². The maximum absolute atomic E-state index is 13.1. The van der Waals surface area contributed by atoms with Crippen LogP contribution in [0.1, 0.15) is 28.4 Å². The summed E-state index contributed by atoms with van der Waals surface area (Å²) in [6.45, 7) is 2.38. The van der Waals surface area contributed by atoms with Crippen molar-refractivity contribution in [1.82, 2.24) is 9.55 Å². The summed E-state index contributed by atoms with van der Waals surface area (Å²) in [6.07, 6.45) is 2.49. The number of thiophene rings is 1. The Kier molecular flexibility index (Phi) is 4.79. The number of hydrogen-bond acceptors (Lipinski definition) is 4. The first kappa shape index (κ1) is 18.1. The minimum absolute atomic E-state index is 0.124. The highest BCUT2D eigenvalue weighted by Gasteiger charge is 2.14. The van der Waals surface area contributed by atoms with E-state index in [1.54, 1.807) is 18.2 Å². The number of benzene rings is 2. The van der Waals surface area contributed by atoms with Gasteiger partial charge in [0.25, 0.3) is 5.56 Å². The number of carbonyl (C=O) groups is 1. The normalized spacial score (nSPS) is 11.0. The SMILES string of the molecule is CCc1ccc(-c2csc3ncn(Cc4cccc(C(=O)O)c4)c(=O)c23)cc1. The Morgan fingerprint density at radius 2 is 1.93 bits per heavy atom. The summed E-state index contributed by atoms with van der Waals surface area (Å²) in [4.78, 5) is 29.5. The number of hydrogen-bond donors (Lipinski definition) is 1. The van der Waals surface area contributed by atoms with Gasteiger partial charge in [-0.15, -0.1) is 11.3 Å². The van der Waals surface area contributed by atoms with Crippen molar-refractivity contribution in [2.75, 3.05) is 0 Å². The fourth-order valence-corrected chi connectivity index (χ4v) is 4.12. The molecule has 0 aliphatic rings. The van der Waals surface area contributed by atoms with Gasteiger partial charge < -0.3 is 5.11 Å². The molecule has 0 aliphatic carbocycles. The average molecular weight is 390 g/mol. The van der Waals surface area contributed by atoms with Gasteiger partial charge in [0.2, 0.25) is 0 Å². The summed E-state index contributed by atoms with van der Waals surface area (Å²) in [5.41, 5.74) is 3.94. The van der Waals surface area contributed by atoms with Crippen LogP contribution in [0.4, 0.5) is 0 Å². The summed E-state index contributed by atoms with van der Waals surface area (Å²) in [7, 11) is 0. The lowest BCUT2D eigenvalue weighted by atomic mass is 10.0. The van der Waals surface area contributed by atoms with Crippen molar-refractivity contribution >= 4 is 27.5 Å². The first-order valence-electron chi connectivity index (χ1n) is 8.95. The molecule has 0 unspecified atom stereocenters. The first-order valence-corrected chi connectivity index (χ1v) is 9.83. The Bertz CT molecular complexity index is 1220. The minimum Gasteiger partial charge on any atom is -0.478 e. The summed E-state index contributed by atoms with van der Waals surface area (Å²) in [5.74, 6) is -0.988. The molecule has 0 bridgehead atoms. The molecule has 140 valence electrons. The van der Waals surface area contributed by atoms with Gasteiger partial charge in [-0.3, -0.25) is 9.36 Å². The monoisotopic (exact) mass is 390 g/mol. The second-order valence-electron chi connectivity index (χ2n) is 6.56. The molecule has 0 saturated carbocycles. The maximum Gasteiger partial charge on any atom is 0.335 e. The van der Waals surface area contributed by atoms with Gasteiger partial charge in [0.15, 0.2) is 0 Å². The number of nitrogens with zero attached hydrogens (tertiary/aromatic N) is 2. The molecule has 5 nitrogen and oxygen atoms in total. The van der Waals surface area contributed by atoms with Gasteiger partial charge in [-0.05, 0) is 35.2 Å². The summed E-state index contributed by atoms with van der Waals surface area (Å²) >= 11 is 1.45. The molecule has 6 heteroatoms. The average Bonchev–Trinajstić information content (AvgIpc) is 3.15. The quantitative estimate of drug-likeness (QED) is 0.547. The molecule has 0 amide bonds. The predicted molar refractivity (Wildman–Crippen MR) is 111 cm³/mol. The molecule has 2 heterocycles. The van der Waals surface area contributed by atoms with E-state index < -0.39 is 5.97 Å². The Morgan fingerprint density at radius 3 is 2.64 bits per heavy atom. The third-order valence-electron chi connectivity index (χ3n) is 4.76. The maximum atomic E-state index is 13.1. The van der Waals surface area contributed by atoms with Crippen LogP contribution in [0.15, 0.2) is 65.0 Å². The Hall–Kier alpha value is -3.25. The molecular weight excluding hydrogens is 372 g/mol. The molecule has 0 saturated heterocycles. The van der Waals surface area contributed by atoms with E-state index >= 15 is 0 Å². The molecular formula is C22H18N2O3S. The van der Waals surface area contributed by atoms with Gasteiger partial charge in [-0.1, -0.05) is 43.3 Å². The third-order valence-corrected chi connectivity index (χ3v) is 5.65. The number of aromatic nitrogens is 2. The Labute approximate surface area is 165 Å². The number of aryl methyl sites for hydroxylation is 1. The van der Waals surface area contributed by atoms with Crippen molar-refractivity contribution < 1.29 is 9.90 Å². The van der Waals surface area contributed by atoms with E-state index in [0.717, 1.165) is 23.1 Å². The molecule has 0 atom stereocenters. The van der Waals surface area contributed by atoms with E-state index in [2.05, 4.69) is 24.0 Å². The van der Waals surface area contributed by atoms with E-state index in [1.807, 2.05) is 17.5 Å². The van der Waals surface area contributed by atoms with Crippen molar-refractivity contribution in [1.29, 1.82) is 0 Å². The molecule has 0 radical (unpaired) electrons. The van der Waals surface area contributed by atoms with Gasteiger partial charge in [-0.2, -0.15) is 0 Å². The van der Waals surface area contributed by atoms with Gasteiger partial charge in [-0.25, -0.2) is 9.78 Å². The zero-order valence-corrected chi connectivity index (χ0v) is 16.1. The Balaban J connectivity index is 1.77. The first-order chi connectivity index (χ1) is 13.6. The van der Waals surface area contributed by atoms with E-state index in [1.165, 1.54) is 33.9 Å². The van der Waals surface area contributed by atoms with Crippen LogP contribution in [0.2, 0.25) is 0 Å².